The summed E-state index contributed by atoms with van der Waals surface area (Å²) in [5.74, 6) is -2.21. The maximum Gasteiger partial charge on any atom is 0.248 e. The number of carbonyl (C=O) groups excluding carboxylic acids is 1. The number of hydrogen-bond donors (Lipinski definition) is 0. The molecular formula is C13H22F2O. The van der Waals surface area contributed by atoms with Crippen molar-refractivity contribution in [3.8, 4) is 0 Å². The van der Waals surface area contributed by atoms with E-state index in [1.54, 1.807) is 0 Å². The molecule has 0 bridgehead atoms. The highest BCUT2D eigenvalue weighted by atomic mass is 19.3. The van der Waals surface area contributed by atoms with Gasteiger partial charge in [-0.1, -0.05) is 27.7 Å². The van der Waals surface area contributed by atoms with Crippen molar-refractivity contribution in [2.45, 2.75) is 59.3 Å². The molecule has 0 aromatic heterocycles. The van der Waals surface area contributed by atoms with Crippen molar-refractivity contribution < 1.29 is 13.6 Å². The topological polar surface area (TPSA) is 17.1 Å². The second kappa shape index (κ2) is 4.42. The monoisotopic (exact) mass is 232 g/mol. The Hall–Kier alpha value is -0.470. The lowest BCUT2D eigenvalue weighted by Gasteiger charge is -2.39. The molecule has 1 aliphatic carbocycles. The first kappa shape index (κ1) is 13.6. The van der Waals surface area contributed by atoms with E-state index in [4.69, 9.17) is 0 Å². The van der Waals surface area contributed by atoms with E-state index in [0.29, 0.717) is 12.8 Å². The summed E-state index contributed by atoms with van der Waals surface area (Å²) in [5.41, 5.74) is -0.454. The molecule has 0 N–H and O–H groups in total. The minimum atomic E-state index is -2.51. The van der Waals surface area contributed by atoms with Crippen LogP contribution in [0.3, 0.4) is 0 Å². The van der Waals surface area contributed by atoms with Gasteiger partial charge < -0.3 is 0 Å². The van der Waals surface area contributed by atoms with Crippen molar-refractivity contribution in [3.63, 3.8) is 0 Å². The van der Waals surface area contributed by atoms with Crippen LogP contribution in [0.4, 0.5) is 8.78 Å². The highest BCUT2D eigenvalue weighted by Crippen LogP contribution is 2.45. The van der Waals surface area contributed by atoms with Crippen molar-refractivity contribution in [2.24, 2.45) is 17.3 Å². The molecule has 0 heterocycles. The van der Waals surface area contributed by atoms with Crippen molar-refractivity contribution >= 4 is 5.78 Å². The first-order chi connectivity index (χ1) is 7.17. The molecule has 16 heavy (non-hydrogen) atoms. The van der Waals surface area contributed by atoms with Gasteiger partial charge in [-0.25, -0.2) is 8.78 Å². The van der Waals surface area contributed by atoms with Crippen LogP contribution in [-0.4, -0.2) is 11.7 Å². The molecule has 94 valence electrons. The largest absolute Gasteiger partial charge is 0.299 e. The van der Waals surface area contributed by atoms with Gasteiger partial charge in [0.15, 0.2) is 0 Å². The van der Waals surface area contributed by atoms with Crippen molar-refractivity contribution in [1.29, 1.82) is 0 Å². The lowest BCUT2D eigenvalue weighted by molar-refractivity contribution is -0.136. The van der Waals surface area contributed by atoms with Crippen molar-refractivity contribution in [1.82, 2.24) is 0 Å². The van der Waals surface area contributed by atoms with Crippen LogP contribution in [0, 0.1) is 17.3 Å². The van der Waals surface area contributed by atoms with E-state index >= 15 is 0 Å². The van der Waals surface area contributed by atoms with Crippen LogP contribution in [0.5, 0.6) is 0 Å². The van der Waals surface area contributed by atoms with Crippen LogP contribution in [0.15, 0.2) is 0 Å². The van der Waals surface area contributed by atoms with Gasteiger partial charge >= 0.3 is 0 Å². The molecule has 0 atom stereocenters. The highest BCUT2D eigenvalue weighted by molar-refractivity contribution is 5.86. The molecule has 0 aromatic carbocycles. The second-order valence-corrected chi connectivity index (χ2v) is 5.87. The Bertz CT molecular complexity index is 259. The van der Waals surface area contributed by atoms with Crippen molar-refractivity contribution in [3.05, 3.63) is 0 Å². The molecular weight excluding hydrogens is 210 g/mol. The van der Waals surface area contributed by atoms with Crippen molar-refractivity contribution in [2.75, 3.05) is 0 Å². The summed E-state index contributed by atoms with van der Waals surface area (Å²) < 4.78 is 26.1. The SMILES string of the molecule is CC(C)C(=O)C(C)(C)C1CCC(F)(F)CC1. The van der Waals surface area contributed by atoms with Gasteiger partial charge in [0, 0.05) is 24.2 Å². The summed E-state index contributed by atoms with van der Waals surface area (Å²) in [5, 5.41) is 0. The Labute approximate surface area is 96.6 Å². The zero-order valence-corrected chi connectivity index (χ0v) is 10.6. The predicted octanol–water partition coefficient (Wildman–Crippen LogP) is 4.06. The maximum absolute atomic E-state index is 13.0. The number of ketones is 1. The molecule has 0 unspecified atom stereocenters. The van der Waals surface area contributed by atoms with Gasteiger partial charge in [0.2, 0.25) is 5.92 Å². The third-order valence-electron chi connectivity index (χ3n) is 3.90. The Morgan fingerprint density at radius 2 is 1.69 bits per heavy atom. The van der Waals surface area contributed by atoms with Gasteiger partial charge in [-0.2, -0.15) is 0 Å². The molecule has 3 heteroatoms. The fourth-order valence-corrected chi connectivity index (χ4v) is 2.71. The average molecular weight is 232 g/mol. The summed E-state index contributed by atoms with van der Waals surface area (Å²) in [6.07, 6.45) is 0.815. The standard InChI is InChI=1S/C13H22F2O/c1-9(2)11(16)12(3,4)10-5-7-13(14,15)8-6-10/h9-10H,5-8H2,1-4H3. The van der Waals surface area contributed by atoms with E-state index in [9.17, 15) is 13.6 Å². The molecule has 0 amide bonds. The number of carbonyl (C=O) groups is 1. The van der Waals surface area contributed by atoms with Crippen LogP contribution < -0.4 is 0 Å². The highest BCUT2D eigenvalue weighted by Gasteiger charge is 2.43. The molecule has 1 fully saturated rings. The summed E-state index contributed by atoms with van der Waals surface area (Å²) in [7, 11) is 0. The van der Waals surface area contributed by atoms with Gasteiger partial charge in [-0.15, -0.1) is 0 Å². The molecule has 0 aliphatic heterocycles. The second-order valence-electron chi connectivity index (χ2n) is 5.87. The summed E-state index contributed by atoms with van der Waals surface area (Å²) in [6, 6.07) is 0. The van der Waals surface area contributed by atoms with Gasteiger partial charge in [-0.05, 0) is 18.8 Å². The Morgan fingerprint density at radius 1 is 1.25 bits per heavy atom. The van der Waals surface area contributed by atoms with Crippen LogP contribution in [0.2, 0.25) is 0 Å². The third kappa shape index (κ3) is 2.80. The van der Waals surface area contributed by atoms with E-state index in [1.807, 2.05) is 27.7 Å². The first-order valence-corrected chi connectivity index (χ1v) is 6.09. The van der Waals surface area contributed by atoms with Gasteiger partial charge in [0.1, 0.15) is 5.78 Å². The molecule has 0 radical (unpaired) electrons. The fraction of sp³-hybridized carbons (Fsp3) is 0.923. The Balaban J connectivity index is 2.68. The lowest BCUT2D eigenvalue weighted by atomic mass is 9.66. The van der Waals surface area contributed by atoms with Gasteiger partial charge in [0.05, 0.1) is 0 Å². The smallest absolute Gasteiger partial charge is 0.248 e. The quantitative estimate of drug-likeness (QED) is 0.717. The summed E-state index contributed by atoms with van der Waals surface area (Å²) in [6.45, 7) is 7.57. The summed E-state index contributed by atoms with van der Waals surface area (Å²) >= 11 is 0. The molecule has 0 saturated heterocycles. The van der Waals surface area contributed by atoms with Crippen LogP contribution in [0.25, 0.3) is 0 Å². The van der Waals surface area contributed by atoms with Crippen LogP contribution in [-0.2, 0) is 4.79 Å². The van der Waals surface area contributed by atoms with Crippen LogP contribution >= 0.6 is 0 Å². The fourth-order valence-electron chi connectivity index (χ4n) is 2.71. The third-order valence-corrected chi connectivity index (χ3v) is 3.90. The predicted molar refractivity (Wildman–Crippen MR) is 60.5 cm³/mol. The molecule has 0 spiro atoms. The molecule has 1 aliphatic rings. The first-order valence-electron chi connectivity index (χ1n) is 6.09. The normalized spacial score (nSPS) is 22.4. The van der Waals surface area contributed by atoms with E-state index in [2.05, 4.69) is 0 Å². The Kier molecular flexibility index (Phi) is 3.76. The Morgan fingerprint density at radius 3 is 2.06 bits per heavy atom. The molecule has 1 rings (SSSR count). The van der Waals surface area contributed by atoms with E-state index in [-0.39, 0.29) is 30.5 Å². The minimum absolute atomic E-state index is 0.0163. The number of Topliss-reactive ketones (excluding diaryl/α,β-unsaturated/α-hetero) is 1. The zero-order chi connectivity index (χ0) is 12.6. The molecule has 1 saturated carbocycles. The van der Waals surface area contributed by atoms with Gasteiger partial charge in [0.25, 0.3) is 0 Å². The van der Waals surface area contributed by atoms with E-state index in [1.165, 1.54) is 0 Å². The number of hydrogen-bond acceptors (Lipinski definition) is 1. The van der Waals surface area contributed by atoms with E-state index in [0.717, 1.165) is 0 Å². The molecule has 0 aromatic rings. The van der Waals surface area contributed by atoms with E-state index < -0.39 is 11.3 Å². The van der Waals surface area contributed by atoms with Crippen LogP contribution in [0.1, 0.15) is 53.4 Å². The number of rotatable bonds is 3. The number of halogens is 2. The minimum Gasteiger partial charge on any atom is -0.299 e. The zero-order valence-electron chi connectivity index (χ0n) is 10.6. The lowest BCUT2D eigenvalue weighted by Crippen LogP contribution is -2.39. The maximum atomic E-state index is 13.0. The molecule has 1 nitrogen and oxygen atoms in total. The summed E-state index contributed by atoms with van der Waals surface area (Å²) in [4.78, 5) is 12.0. The van der Waals surface area contributed by atoms with Gasteiger partial charge in [-0.3, -0.25) is 4.79 Å². The number of alkyl halides is 2. The average Bonchev–Trinajstić information content (AvgIpc) is 2.15.